The van der Waals surface area contributed by atoms with Crippen molar-refractivity contribution in [1.29, 1.82) is 0 Å². The second-order valence-corrected chi connectivity index (χ2v) is 11.2. The van der Waals surface area contributed by atoms with E-state index in [1.807, 2.05) is 42.2 Å². The third kappa shape index (κ3) is 7.61. The molecule has 0 bridgehead atoms. The number of carboxylic acids is 1. The van der Waals surface area contributed by atoms with E-state index in [4.69, 9.17) is 16.3 Å². The number of aryl methyl sites for hydroxylation is 1. The molecule has 2 unspecified atom stereocenters. The van der Waals surface area contributed by atoms with Gasteiger partial charge >= 0.3 is 5.97 Å². The standard InChI is InChI=1S/C29H35ClN2O3S/c1-35-25-8-11-28-27(19-25)22(13-15-31-28)4-2-3-21-14-16-32(20-23(21)5-12-29(33)34)17-18-36-26-9-6-24(30)7-10-26/h6-11,13,15,19,21,23H,2-5,12,14,16-18,20H2,1H3,(H,33,34). The van der Waals surface area contributed by atoms with Crippen molar-refractivity contribution < 1.29 is 14.6 Å². The van der Waals surface area contributed by atoms with Crippen molar-refractivity contribution in [2.45, 2.75) is 43.4 Å². The third-order valence-corrected chi connectivity index (χ3v) is 8.50. The number of ether oxygens (including phenoxy) is 1. The Kier molecular flexibility index (Phi) is 9.90. The monoisotopic (exact) mass is 526 g/mol. The maximum absolute atomic E-state index is 11.3. The van der Waals surface area contributed by atoms with Crippen LogP contribution in [0.5, 0.6) is 5.75 Å². The number of nitrogens with zero attached hydrogens (tertiary/aromatic N) is 2. The number of halogens is 1. The number of hydrogen-bond donors (Lipinski definition) is 1. The molecule has 1 aliphatic heterocycles. The summed E-state index contributed by atoms with van der Waals surface area (Å²) >= 11 is 7.84. The Balaban J connectivity index is 1.31. The van der Waals surface area contributed by atoms with Crippen molar-refractivity contribution in [1.82, 2.24) is 9.88 Å². The Labute approximate surface area is 223 Å². The molecule has 7 heteroatoms. The molecule has 2 aromatic carbocycles. The zero-order valence-electron chi connectivity index (χ0n) is 20.9. The fraction of sp³-hybridized carbons (Fsp3) is 0.448. The Morgan fingerprint density at radius 1 is 1.17 bits per heavy atom. The molecule has 4 rings (SSSR count). The average molecular weight is 527 g/mol. The van der Waals surface area contributed by atoms with E-state index in [1.54, 1.807) is 7.11 Å². The summed E-state index contributed by atoms with van der Waals surface area (Å²) in [6.45, 7) is 3.10. The van der Waals surface area contributed by atoms with Gasteiger partial charge in [0.2, 0.25) is 0 Å². The molecule has 0 aliphatic carbocycles. The SMILES string of the molecule is COc1ccc2nccc(CCCC3CCN(CCSc4ccc(Cl)cc4)CC3CCC(=O)O)c2c1. The van der Waals surface area contributed by atoms with Gasteiger partial charge in [0.1, 0.15) is 5.75 Å². The molecule has 0 radical (unpaired) electrons. The highest BCUT2D eigenvalue weighted by Gasteiger charge is 2.29. The summed E-state index contributed by atoms with van der Waals surface area (Å²) in [7, 11) is 1.69. The van der Waals surface area contributed by atoms with Crippen LogP contribution >= 0.6 is 23.4 Å². The first-order valence-electron chi connectivity index (χ1n) is 12.8. The first-order valence-corrected chi connectivity index (χ1v) is 14.1. The number of piperidine rings is 1. The highest BCUT2D eigenvalue weighted by molar-refractivity contribution is 7.99. The molecule has 0 saturated carbocycles. The number of methoxy groups -OCH3 is 1. The summed E-state index contributed by atoms with van der Waals surface area (Å²) in [5.74, 6) is 2.20. The lowest BCUT2D eigenvalue weighted by Crippen LogP contribution is -2.41. The molecule has 3 aromatic rings. The fourth-order valence-electron chi connectivity index (χ4n) is 5.28. The number of likely N-dealkylation sites (tertiary alicyclic amines) is 1. The molecule has 1 aromatic heterocycles. The number of hydrogen-bond acceptors (Lipinski definition) is 5. The molecule has 2 atom stereocenters. The van der Waals surface area contributed by atoms with Crippen LogP contribution in [0.4, 0.5) is 0 Å². The highest BCUT2D eigenvalue weighted by Crippen LogP contribution is 2.33. The number of aliphatic carboxylic acids is 1. The molecule has 1 fully saturated rings. The molecule has 192 valence electrons. The van der Waals surface area contributed by atoms with Crippen LogP contribution in [0, 0.1) is 11.8 Å². The number of aromatic nitrogens is 1. The van der Waals surface area contributed by atoms with Crippen molar-refractivity contribution >= 4 is 40.2 Å². The lowest BCUT2D eigenvalue weighted by molar-refractivity contribution is -0.137. The smallest absolute Gasteiger partial charge is 0.303 e. The summed E-state index contributed by atoms with van der Waals surface area (Å²) < 4.78 is 5.42. The van der Waals surface area contributed by atoms with E-state index in [1.165, 1.54) is 10.5 Å². The van der Waals surface area contributed by atoms with Crippen LogP contribution in [0.25, 0.3) is 10.9 Å². The normalized spacial score (nSPS) is 18.4. The lowest BCUT2D eigenvalue weighted by atomic mass is 9.79. The van der Waals surface area contributed by atoms with Gasteiger partial charge in [-0.3, -0.25) is 9.78 Å². The third-order valence-electron chi connectivity index (χ3n) is 7.25. The number of carboxylic acid groups (broad SMARTS) is 1. The number of fused-ring (bicyclic) bond motifs is 1. The van der Waals surface area contributed by atoms with Gasteiger partial charge in [-0.1, -0.05) is 11.6 Å². The Morgan fingerprint density at radius 3 is 2.78 bits per heavy atom. The minimum atomic E-state index is -0.693. The molecule has 2 heterocycles. The minimum absolute atomic E-state index is 0.253. The maximum atomic E-state index is 11.3. The number of carbonyl (C=O) groups is 1. The molecule has 1 saturated heterocycles. The second-order valence-electron chi connectivity index (χ2n) is 9.59. The molecular formula is C29H35ClN2O3S. The zero-order valence-corrected chi connectivity index (χ0v) is 22.4. The van der Waals surface area contributed by atoms with Crippen molar-refractivity contribution in [2.24, 2.45) is 11.8 Å². The summed E-state index contributed by atoms with van der Waals surface area (Å²) in [5.41, 5.74) is 2.30. The topological polar surface area (TPSA) is 62.7 Å². The van der Waals surface area contributed by atoms with Crippen LogP contribution in [-0.4, -0.2) is 53.5 Å². The quantitative estimate of drug-likeness (QED) is 0.261. The van der Waals surface area contributed by atoms with E-state index in [2.05, 4.69) is 34.1 Å². The number of benzene rings is 2. The summed E-state index contributed by atoms with van der Waals surface area (Å²) in [5, 5.41) is 11.2. The van der Waals surface area contributed by atoms with Crippen molar-refractivity contribution in [2.75, 3.05) is 32.5 Å². The van der Waals surface area contributed by atoms with Gasteiger partial charge in [-0.05, 0) is 105 Å². The lowest BCUT2D eigenvalue weighted by Gasteiger charge is -2.39. The highest BCUT2D eigenvalue weighted by atomic mass is 35.5. The molecule has 1 aliphatic rings. The maximum Gasteiger partial charge on any atom is 0.303 e. The summed E-state index contributed by atoms with van der Waals surface area (Å²) in [6, 6.07) is 16.2. The van der Waals surface area contributed by atoms with Gasteiger partial charge in [0, 0.05) is 46.8 Å². The van der Waals surface area contributed by atoms with Crippen LogP contribution < -0.4 is 4.74 Å². The summed E-state index contributed by atoms with van der Waals surface area (Å²) in [4.78, 5) is 19.6. The Morgan fingerprint density at radius 2 is 2.00 bits per heavy atom. The largest absolute Gasteiger partial charge is 0.497 e. The van der Waals surface area contributed by atoms with Gasteiger partial charge in [0.15, 0.2) is 0 Å². The first kappa shape index (κ1) is 26.8. The van der Waals surface area contributed by atoms with E-state index < -0.39 is 5.97 Å². The number of rotatable bonds is 12. The van der Waals surface area contributed by atoms with E-state index >= 15 is 0 Å². The van der Waals surface area contributed by atoms with Gasteiger partial charge in [0.05, 0.1) is 12.6 Å². The van der Waals surface area contributed by atoms with Crippen LogP contribution in [0.3, 0.4) is 0 Å². The molecule has 5 nitrogen and oxygen atoms in total. The van der Waals surface area contributed by atoms with Gasteiger partial charge in [-0.2, -0.15) is 0 Å². The average Bonchev–Trinajstić information content (AvgIpc) is 2.89. The second kappa shape index (κ2) is 13.3. The van der Waals surface area contributed by atoms with E-state index in [0.29, 0.717) is 11.8 Å². The van der Waals surface area contributed by atoms with E-state index in [-0.39, 0.29) is 6.42 Å². The number of pyridine rings is 1. The minimum Gasteiger partial charge on any atom is -0.497 e. The van der Waals surface area contributed by atoms with Gasteiger partial charge in [-0.25, -0.2) is 0 Å². The molecule has 36 heavy (non-hydrogen) atoms. The van der Waals surface area contributed by atoms with Crippen LogP contribution in [0.15, 0.2) is 59.6 Å². The van der Waals surface area contributed by atoms with Crippen LogP contribution in [-0.2, 0) is 11.2 Å². The van der Waals surface area contributed by atoms with Gasteiger partial charge in [0.25, 0.3) is 0 Å². The molecule has 0 amide bonds. The number of thioether (sulfide) groups is 1. The fourth-order valence-corrected chi connectivity index (χ4v) is 6.32. The van der Waals surface area contributed by atoms with Crippen LogP contribution in [0.1, 0.15) is 37.7 Å². The molecule has 0 spiro atoms. The zero-order chi connectivity index (χ0) is 25.3. The predicted molar refractivity (Wildman–Crippen MR) is 148 cm³/mol. The summed E-state index contributed by atoms with van der Waals surface area (Å²) in [6.07, 6.45) is 7.26. The molecule has 1 N–H and O–H groups in total. The predicted octanol–water partition coefficient (Wildman–Crippen LogP) is 6.81. The van der Waals surface area contributed by atoms with Crippen molar-refractivity contribution in [3.05, 3.63) is 65.3 Å². The van der Waals surface area contributed by atoms with Crippen molar-refractivity contribution in [3.63, 3.8) is 0 Å². The Bertz CT molecular complexity index is 1140. The van der Waals surface area contributed by atoms with E-state index in [9.17, 15) is 9.90 Å². The van der Waals surface area contributed by atoms with Crippen LogP contribution in [0.2, 0.25) is 5.02 Å². The van der Waals surface area contributed by atoms with Gasteiger partial charge < -0.3 is 14.7 Å². The van der Waals surface area contributed by atoms with Gasteiger partial charge in [-0.15, -0.1) is 11.8 Å². The van der Waals surface area contributed by atoms with Crippen molar-refractivity contribution in [3.8, 4) is 5.75 Å². The first-order chi connectivity index (χ1) is 17.5. The Hall–Kier alpha value is -2.28. The van der Waals surface area contributed by atoms with E-state index in [0.717, 1.165) is 79.2 Å². The molecular weight excluding hydrogens is 492 g/mol.